The van der Waals surface area contributed by atoms with E-state index in [1.807, 2.05) is 10.6 Å². The predicted octanol–water partition coefficient (Wildman–Crippen LogP) is 4.22. The molecule has 1 aromatic carbocycles. The molecular weight excluding hydrogens is 394 g/mol. The summed E-state index contributed by atoms with van der Waals surface area (Å²) in [5.74, 6) is 1.35. The molecule has 2 heterocycles. The van der Waals surface area contributed by atoms with E-state index >= 15 is 0 Å². The van der Waals surface area contributed by atoms with Crippen molar-refractivity contribution in [2.24, 2.45) is 5.92 Å². The highest BCUT2D eigenvalue weighted by Crippen LogP contribution is 2.28. The molecule has 1 unspecified atom stereocenters. The third kappa shape index (κ3) is 5.02. The molecule has 152 valence electrons. The number of benzene rings is 1. The Hall–Kier alpha value is -3.14. The van der Waals surface area contributed by atoms with Crippen LogP contribution in [0.4, 0.5) is 11.4 Å². The van der Waals surface area contributed by atoms with E-state index in [0.29, 0.717) is 34.9 Å². The van der Waals surface area contributed by atoms with Crippen molar-refractivity contribution < 1.29 is 14.1 Å². The van der Waals surface area contributed by atoms with Gasteiger partial charge in [-0.15, -0.1) is 10.2 Å². The number of nitro benzene ring substituents is 1. The van der Waals surface area contributed by atoms with Crippen molar-refractivity contribution in [2.75, 3.05) is 5.32 Å². The highest BCUT2D eigenvalue weighted by molar-refractivity contribution is 8.00. The van der Waals surface area contributed by atoms with Crippen LogP contribution in [-0.4, -0.2) is 30.8 Å². The second kappa shape index (κ2) is 8.91. The van der Waals surface area contributed by atoms with Gasteiger partial charge in [-0.1, -0.05) is 25.6 Å². The molecule has 9 nitrogen and oxygen atoms in total. The molecule has 0 aliphatic carbocycles. The van der Waals surface area contributed by atoms with Gasteiger partial charge < -0.3 is 9.73 Å². The summed E-state index contributed by atoms with van der Waals surface area (Å²) in [7, 11) is 0. The molecule has 1 atom stereocenters. The maximum absolute atomic E-state index is 12.6. The van der Waals surface area contributed by atoms with Gasteiger partial charge in [-0.3, -0.25) is 19.5 Å². The van der Waals surface area contributed by atoms with Crippen molar-refractivity contribution in [3.8, 4) is 11.6 Å². The summed E-state index contributed by atoms with van der Waals surface area (Å²) in [6.45, 7) is 6.63. The summed E-state index contributed by atoms with van der Waals surface area (Å²) in [6.07, 6.45) is 1.58. The minimum atomic E-state index is -0.484. The topological polar surface area (TPSA) is 116 Å². The van der Waals surface area contributed by atoms with Crippen LogP contribution in [0.1, 0.15) is 20.8 Å². The minimum Gasteiger partial charge on any atom is -0.461 e. The van der Waals surface area contributed by atoms with Crippen LogP contribution in [0.5, 0.6) is 0 Å². The number of nitrogens with zero attached hydrogens (tertiary/aromatic N) is 4. The maximum atomic E-state index is 12.6. The number of nitro groups is 1. The number of aromatic nitrogens is 3. The number of nitrogens with one attached hydrogen (secondary N) is 1. The Morgan fingerprint density at radius 3 is 2.55 bits per heavy atom. The summed E-state index contributed by atoms with van der Waals surface area (Å²) in [5.41, 5.74) is 0.464. The van der Waals surface area contributed by atoms with Gasteiger partial charge in [-0.25, -0.2) is 0 Å². The van der Waals surface area contributed by atoms with Crippen LogP contribution in [-0.2, 0) is 11.3 Å². The Kier molecular flexibility index (Phi) is 6.32. The van der Waals surface area contributed by atoms with Gasteiger partial charge in [0.05, 0.1) is 16.4 Å². The van der Waals surface area contributed by atoms with E-state index in [2.05, 4.69) is 29.4 Å². The van der Waals surface area contributed by atoms with Crippen molar-refractivity contribution in [1.29, 1.82) is 0 Å². The maximum Gasteiger partial charge on any atom is 0.269 e. The number of anilines is 1. The fourth-order valence-electron chi connectivity index (χ4n) is 2.62. The highest BCUT2D eigenvalue weighted by atomic mass is 32.2. The average Bonchev–Trinajstić information content (AvgIpc) is 3.32. The normalized spacial score (nSPS) is 12.1. The average molecular weight is 415 g/mol. The van der Waals surface area contributed by atoms with Crippen LogP contribution < -0.4 is 5.32 Å². The number of non-ortho nitro benzene ring substituents is 1. The monoisotopic (exact) mass is 415 g/mol. The second-order valence-corrected chi connectivity index (χ2v) is 8.15. The van der Waals surface area contributed by atoms with Gasteiger partial charge in [0.1, 0.15) is 0 Å². The molecule has 1 N–H and O–H groups in total. The van der Waals surface area contributed by atoms with E-state index in [0.717, 1.165) is 0 Å². The van der Waals surface area contributed by atoms with Gasteiger partial charge in [0.25, 0.3) is 5.69 Å². The first-order chi connectivity index (χ1) is 13.8. The van der Waals surface area contributed by atoms with Crippen molar-refractivity contribution >= 4 is 29.0 Å². The number of rotatable bonds is 8. The molecule has 2 aromatic heterocycles. The Bertz CT molecular complexity index is 983. The Morgan fingerprint density at radius 2 is 1.97 bits per heavy atom. The van der Waals surface area contributed by atoms with Gasteiger partial charge in [0.2, 0.25) is 5.91 Å². The van der Waals surface area contributed by atoms with Crippen LogP contribution >= 0.6 is 11.8 Å². The lowest BCUT2D eigenvalue weighted by molar-refractivity contribution is -0.384. The number of thioether (sulfide) groups is 1. The van der Waals surface area contributed by atoms with Crippen molar-refractivity contribution in [3.63, 3.8) is 0 Å². The van der Waals surface area contributed by atoms with Gasteiger partial charge in [-0.2, -0.15) is 0 Å². The van der Waals surface area contributed by atoms with Crippen molar-refractivity contribution in [1.82, 2.24) is 14.8 Å². The zero-order valence-corrected chi connectivity index (χ0v) is 17.0. The lowest BCUT2D eigenvalue weighted by atomic mass is 10.2. The summed E-state index contributed by atoms with van der Waals surface area (Å²) in [6, 6.07) is 9.31. The molecule has 0 saturated carbocycles. The predicted molar refractivity (Wildman–Crippen MR) is 110 cm³/mol. The first-order valence-electron chi connectivity index (χ1n) is 9.04. The molecule has 3 aromatic rings. The molecule has 0 saturated heterocycles. The molecule has 1 amide bonds. The summed E-state index contributed by atoms with van der Waals surface area (Å²) >= 11 is 1.29. The summed E-state index contributed by atoms with van der Waals surface area (Å²) in [5, 5.41) is 22.2. The van der Waals surface area contributed by atoms with E-state index in [1.165, 1.54) is 36.0 Å². The molecule has 29 heavy (non-hydrogen) atoms. The standard InChI is InChI=1S/C19H21N5O4S/c1-12(2)11-23-17(16-5-4-10-28-16)21-22-19(23)29-13(3)18(25)20-14-6-8-15(9-7-14)24(26)27/h4-10,12-13H,11H2,1-3H3,(H,20,25). The number of amides is 1. The fraction of sp³-hybridized carbons (Fsp3) is 0.316. The van der Waals surface area contributed by atoms with E-state index in [4.69, 9.17) is 4.42 Å². The smallest absolute Gasteiger partial charge is 0.269 e. The molecule has 0 fully saturated rings. The second-order valence-electron chi connectivity index (χ2n) is 6.84. The van der Waals surface area contributed by atoms with E-state index in [-0.39, 0.29) is 11.6 Å². The zero-order chi connectivity index (χ0) is 21.0. The zero-order valence-electron chi connectivity index (χ0n) is 16.2. The minimum absolute atomic E-state index is 0.0299. The van der Waals surface area contributed by atoms with Gasteiger partial charge in [0.15, 0.2) is 16.7 Å². The molecule has 0 aliphatic rings. The lowest BCUT2D eigenvalue weighted by Crippen LogP contribution is -2.23. The van der Waals surface area contributed by atoms with Crippen LogP contribution in [0.3, 0.4) is 0 Å². The van der Waals surface area contributed by atoms with Crippen molar-refractivity contribution in [2.45, 2.75) is 37.7 Å². The third-order valence-electron chi connectivity index (χ3n) is 4.00. The van der Waals surface area contributed by atoms with Crippen molar-refractivity contribution in [3.05, 3.63) is 52.8 Å². The van der Waals surface area contributed by atoms with Gasteiger partial charge >= 0.3 is 0 Å². The molecule has 0 radical (unpaired) electrons. The highest BCUT2D eigenvalue weighted by Gasteiger charge is 2.22. The van der Waals surface area contributed by atoms with Crippen LogP contribution in [0, 0.1) is 16.0 Å². The first kappa shape index (κ1) is 20.6. The van der Waals surface area contributed by atoms with Gasteiger partial charge in [0, 0.05) is 24.4 Å². The Morgan fingerprint density at radius 1 is 1.24 bits per heavy atom. The number of carbonyl (C=O) groups is 1. The Labute approximate surface area is 171 Å². The quantitative estimate of drug-likeness (QED) is 0.332. The van der Waals surface area contributed by atoms with Crippen LogP contribution in [0.25, 0.3) is 11.6 Å². The molecular formula is C19H21N5O4S. The number of hydrogen-bond acceptors (Lipinski definition) is 7. The molecule has 0 aliphatic heterocycles. The number of carbonyl (C=O) groups excluding carboxylic acids is 1. The molecule has 3 rings (SSSR count). The number of hydrogen-bond donors (Lipinski definition) is 1. The Balaban J connectivity index is 1.73. The summed E-state index contributed by atoms with van der Waals surface area (Å²) < 4.78 is 7.40. The molecule has 10 heteroatoms. The van der Waals surface area contributed by atoms with E-state index < -0.39 is 10.2 Å². The van der Waals surface area contributed by atoms with E-state index in [9.17, 15) is 14.9 Å². The fourth-order valence-corrected chi connectivity index (χ4v) is 3.47. The number of furan rings is 1. The van der Waals surface area contributed by atoms with Gasteiger partial charge in [-0.05, 0) is 37.1 Å². The first-order valence-corrected chi connectivity index (χ1v) is 9.92. The van der Waals surface area contributed by atoms with E-state index in [1.54, 1.807) is 19.3 Å². The largest absolute Gasteiger partial charge is 0.461 e. The van der Waals surface area contributed by atoms with Crippen LogP contribution in [0.15, 0.2) is 52.2 Å². The third-order valence-corrected chi connectivity index (χ3v) is 5.08. The molecule has 0 spiro atoms. The SMILES string of the molecule is CC(C)Cn1c(SC(C)C(=O)Nc2ccc([N+](=O)[O-])cc2)nnc1-c1ccco1. The summed E-state index contributed by atoms with van der Waals surface area (Å²) in [4.78, 5) is 22.8. The lowest BCUT2D eigenvalue weighted by Gasteiger charge is -2.14. The molecule has 0 bridgehead atoms. The van der Waals surface area contributed by atoms with Crippen LogP contribution in [0.2, 0.25) is 0 Å².